The van der Waals surface area contributed by atoms with Gasteiger partial charge in [0, 0.05) is 37.1 Å². The average Bonchev–Trinajstić information content (AvgIpc) is 2.62. The summed E-state index contributed by atoms with van der Waals surface area (Å²) in [5.41, 5.74) is 2.39. The molecule has 2 rings (SSSR count). The number of aromatic nitrogens is 2. The van der Waals surface area contributed by atoms with E-state index < -0.39 is 5.97 Å². The summed E-state index contributed by atoms with van der Waals surface area (Å²) in [4.78, 5) is 10.6. The van der Waals surface area contributed by atoms with Crippen molar-refractivity contribution in [3.63, 3.8) is 0 Å². The van der Waals surface area contributed by atoms with Crippen molar-refractivity contribution in [2.24, 2.45) is 0 Å². The van der Waals surface area contributed by atoms with Crippen molar-refractivity contribution in [1.29, 1.82) is 0 Å². The lowest BCUT2D eigenvalue weighted by molar-refractivity contribution is -0.697. The van der Waals surface area contributed by atoms with Gasteiger partial charge in [-0.05, 0) is 17.5 Å². The van der Waals surface area contributed by atoms with Crippen molar-refractivity contribution in [2.45, 2.75) is 65.0 Å². The molecular weight excluding hydrogens is 312 g/mol. The summed E-state index contributed by atoms with van der Waals surface area (Å²) >= 11 is 0. The van der Waals surface area contributed by atoms with Crippen LogP contribution in [0.1, 0.15) is 51.9 Å². The molecule has 134 valence electrons. The van der Waals surface area contributed by atoms with Crippen LogP contribution in [0, 0.1) is 0 Å². The lowest BCUT2D eigenvalue weighted by atomic mass is 10.1. The van der Waals surface area contributed by atoms with Crippen LogP contribution in [-0.2, 0) is 17.9 Å². The highest BCUT2D eigenvalue weighted by molar-refractivity contribution is 5.66. The van der Waals surface area contributed by atoms with Gasteiger partial charge in [0.15, 0.2) is 24.8 Å². The summed E-state index contributed by atoms with van der Waals surface area (Å²) in [6.45, 7) is 4.07. The lowest BCUT2D eigenvalue weighted by Crippen LogP contribution is -2.33. The van der Waals surface area contributed by atoms with E-state index in [-0.39, 0.29) is 6.42 Å². The minimum Gasteiger partial charge on any atom is -0.481 e. The van der Waals surface area contributed by atoms with Gasteiger partial charge >= 0.3 is 5.97 Å². The van der Waals surface area contributed by atoms with E-state index in [4.69, 9.17) is 5.11 Å². The van der Waals surface area contributed by atoms with E-state index in [1.165, 1.54) is 43.2 Å². The molecule has 4 nitrogen and oxygen atoms in total. The predicted molar refractivity (Wildman–Crippen MR) is 97.9 cm³/mol. The first-order valence-corrected chi connectivity index (χ1v) is 9.39. The Morgan fingerprint density at radius 3 is 1.76 bits per heavy atom. The van der Waals surface area contributed by atoms with Gasteiger partial charge in [-0.2, -0.15) is 0 Å². The van der Waals surface area contributed by atoms with Crippen LogP contribution in [0.15, 0.2) is 49.1 Å². The molecule has 1 N–H and O–H groups in total. The van der Waals surface area contributed by atoms with Crippen molar-refractivity contribution in [2.75, 3.05) is 0 Å². The molecule has 2 aromatic rings. The van der Waals surface area contributed by atoms with Gasteiger partial charge < -0.3 is 5.11 Å². The normalized spacial score (nSPS) is 10.8. The van der Waals surface area contributed by atoms with Crippen molar-refractivity contribution in [1.82, 2.24) is 0 Å². The predicted octanol–water partition coefficient (Wildman–Crippen LogP) is 3.76. The zero-order valence-electron chi connectivity index (χ0n) is 15.2. The molecule has 0 aliphatic heterocycles. The van der Waals surface area contributed by atoms with Crippen molar-refractivity contribution in [3.8, 4) is 11.1 Å². The summed E-state index contributed by atoms with van der Waals surface area (Å²) in [6.07, 6.45) is 15.7. The Balaban J connectivity index is 1.83. The van der Waals surface area contributed by atoms with Gasteiger partial charge in [-0.3, -0.25) is 4.79 Å². The van der Waals surface area contributed by atoms with E-state index in [1.807, 2.05) is 17.0 Å². The average molecular weight is 342 g/mol. The molecular formula is C21H30N2O2+2. The van der Waals surface area contributed by atoms with Gasteiger partial charge in [0.25, 0.3) is 0 Å². The van der Waals surface area contributed by atoms with Crippen LogP contribution in [0.3, 0.4) is 0 Å². The van der Waals surface area contributed by atoms with Crippen LogP contribution in [-0.4, -0.2) is 11.1 Å². The molecule has 0 amide bonds. The molecule has 25 heavy (non-hydrogen) atoms. The molecule has 0 aromatic carbocycles. The number of carbonyl (C=O) groups is 1. The van der Waals surface area contributed by atoms with E-state index in [0.29, 0.717) is 6.42 Å². The number of hydrogen-bond donors (Lipinski definition) is 1. The summed E-state index contributed by atoms with van der Waals surface area (Å²) in [5.74, 6) is -0.736. The molecule has 0 saturated heterocycles. The smallest absolute Gasteiger partial charge is 0.303 e. The standard InChI is InChI=1S/C21H29N2O2/c1-2-3-4-5-6-13-22-15-9-19(10-16-22)20-11-17-23(18-12-20)14-7-8-21(24)25/h9-12,15-18H,2-8,13-14H2,1H3/q+1/p+1. The fourth-order valence-corrected chi connectivity index (χ4v) is 2.91. The SMILES string of the molecule is CCCCCCC[n+]1ccc(-c2cc[n+](CCCC(=O)O)cc2)cc1. The number of aliphatic carboxylic acids is 1. The molecule has 0 aliphatic carbocycles. The molecule has 0 aliphatic rings. The van der Waals surface area contributed by atoms with Crippen LogP contribution in [0.25, 0.3) is 11.1 Å². The van der Waals surface area contributed by atoms with E-state index in [1.54, 1.807) is 0 Å². The van der Waals surface area contributed by atoms with E-state index in [0.717, 1.165) is 13.1 Å². The molecule has 0 bridgehead atoms. The minimum absolute atomic E-state index is 0.214. The number of hydrogen-bond acceptors (Lipinski definition) is 1. The Hall–Kier alpha value is -2.23. The maximum atomic E-state index is 10.6. The van der Waals surface area contributed by atoms with Gasteiger partial charge in [-0.1, -0.05) is 26.2 Å². The Morgan fingerprint density at radius 1 is 0.800 bits per heavy atom. The topological polar surface area (TPSA) is 45.1 Å². The maximum absolute atomic E-state index is 10.6. The first-order valence-electron chi connectivity index (χ1n) is 9.39. The fourth-order valence-electron chi connectivity index (χ4n) is 2.91. The zero-order valence-corrected chi connectivity index (χ0v) is 15.2. The second kappa shape index (κ2) is 10.6. The molecule has 0 radical (unpaired) electrons. The Morgan fingerprint density at radius 2 is 1.28 bits per heavy atom. The quantitative estimate of drug-likeness (QED) is 0.499. The number of unbranched alkanes of at least 4 members (excludes halogenated alkanes) is 4. The molecule has 0 saturated carbocycles. The van der Waals surface area contributed by atoms with Crippen molar-refractivity contribution < 1.29 is 19.0 Å². The van der Waals surface area contributed by atoms with Crippen molar-refractivity contribution in [3.05, 3.63) is 49.1 Å². The van der Waals surface area contributed by atoms with E-state index >= 15 is 0 Å². The molecule has 0 unspecified atom stereocenters. The first-order chi connectivity index (χ1) is 12.2. The minimum atomic E-state index is -0.736. The third-order valence-electron chi connectivity index (χ3n) is 4.44. The summed E-state index contributed by atoms with van der Waals surface area (Å²) in [5, 5.41) is 8.69. The van der Waals surface area contributed by atoms with E-state index in [2.05, 4.69) is 48.1 Å². The molecule has 0 atom stereocenters. The van der Waals surface area contributed by atoms with E-state index in [9.17, 15) is 4.79 Å². The summed E-state index contributed by atoms with van der Waals surface area (Å²) < 4.78 is 4.29. The second-order valence-electron chi connectivity index (χ2n) is 6.56. The van der Waals surface area contributed by atoms with Crippen LogP contribution in [0.4, 0.5) is 0 Å². The second-order valence-corrected chi connectivity index (χ2v) is 6.56. The Kier molecular flexibility index (Phi) is 8.10. The molecule has 4 heteroatoms. The highest BCUT2D eigenvalue weighted by Crippen LogP contribution is 2.15. The lowest BCUT2D eigenvalue weighted by Gasteiger charge is -2.02. The number of pyridine rings is 2. The summed E-state index contributed by atoms with van der Waals surface area (Å²) in [7, 11) is 0. The van der Waals surface area contributed by atoms with Crippen LogP contribution in [0.2, 0.25) is 0 Å². The molecule has 0 spiro atoms. The number of rotatable bonds is 11. The Labute approximate surface area is 150 Å². The van der Waals surface area contributed by atoms with Gasteiger partial charge in [0.1, 0.15) is 13.1 Å². The maximum Gasteiger partial charge on any atom is 0.303 e. The largest absolute Gasteiger partial charge is 0.481 e. The first kappa shape index (κ1) is 19.1. The number of nitrogens with zero attached hydrogens (tertiary/aromatic N) is 2. The Bertz CT molecular complexity index is 636. The highest BCUT2D eigenvalue weighted by atomic mass is 16.4. The van der Waals surface area contributed by atoms with Crippen LogP contribution in [0.5, 0.6) is 0 Å². The molecule has 2 heterocycles. The molecule has 2 aromatic heterocycles. The fraction of sp³-hybridized carbons (Fsp3) is 0.476. The van der Waals surface area contributed by atoms with Gasteiger partial charge in [-0.15, -0.1) is 0 Å². The van der Waals surface area contributed by atoms with Crippen LogP contribution >= 0.6 is 0 Å². The zero-order chi connectivity index (χ0) is 17.9. The van der Waals surface area contributed by atoms with Crippen LogP contribution < -0.4 is 9.13 Å². The van der Waals surface area contributed by atoms with Crippen molar-refractivity contribution >= 4 is 5.97 Å². The van der Waals surface area contributed by atoms with Gasteiger partial charge in [-0.25, -0.2) is 9.13 Å². The number of aryl methyl sites for hydroxylation is 2. The summed E-state index contributed by atoms with van der Waals surface area (Å²) in [6, 6.07) is 8.50. The number of carboxylic acid groups (broad SMARTS) is 1. The third-order valence-corrected chi connectivity index (χ3v) is 4.44. The number of carboxylic acids is 1. The van der Waals surface area contributed by atoms with Gasteiger partial charge in [0.2, 0.25) is 0 Å². The monoisotopic (exact) mass is 342 g/mol. The highest BCUT2D eigenvalue weighted by Gasteiger charge is 2.06. The van der Waals surface area contributed by atoms with Gasteiger partial charge in [0.05, 0.1) is 6.42 Å². The molecule has 0 fully saturated rings. The third kappa shape index (κ3) is 7.04.